The van der Waals surface area contributed by atoms with Gasteiger partial charge in [-0.25, -0.2) is 28.7 Å². The summed E-state index contributed by atoms with van der Waals surface area (Å²) in [6, 6.07) is 7.01. The second-order valence-electron chi connectivity index (χ2n) is 9.82. The maximum absolute atomic E-state index is 14.9. The highest BCUT2D eigenvalue weighted by atomic mass is 19.1. The van der Waals surface area contributed by atoms with Crippen LogP contribution >= 0.6 is 0 Å². The molecule has 0 bridgehead atoms. The van der Waals surface area contributed by atoms with E-state index < -0.39 is 11.6 Å². The van der Waals surface area contributed by atoms with E-state index in [0.29, 0.717) is 34.6 Å². The van der Waals surface area contributed by atoms with Crippen molar-refractivity contribution in [1.82, 2.24) is 29.8 Å². The summed E-state index contributed by atoms with van der Waals surface area (Å²) < 4.78 is 31.7. The second-order valence-corrected chi connectivity index (χ2v) is 9.82. The van der Waals surface area contributed by atoms with Crippen molar-refractivity contribution < 1.29 is 8.78 Å². The number of piperidine rings is 1. The fourth-order valence-corrected chi connectivity index (χ4v) is 5.17. The average molecular weight is 492 g/mol. The van der Waals surface area contributed by atoms with Gasteiger partial charge in [-0.15, -0.1) is 0 Å². The molecule has 1 unspecified atom stereocenters. The normalized spacial score (nSPS) is 15.5. The van der Waals surface area contributed by atoms with E-state index in [1.54, 1.807) is 6.07 Å². The maximum atomic E-state index is 14.9. The topological polar surface area (TPSA) is 80.6 Å². The highest BCUT2D eigenvalue weighted by molar-refractivity contribution is 5.83. The predicted octanol–water partition coefficient (Wildman–Crippen LogP) is 5.90. The van der Waals surface area contributed by atoms with Crippen molar-refractivity contribution in [3.63, 3.8) is 0 Å². The molecule has 4 aromatic rings. The van der Waals surface area contributed by atoms with Gasteiger partial charge in [-0.3, -0.25) is 0 Å². The minimum Gasteiger partial charge on any atom is -0.326 e. The van der Waals surface area contributed by atoms with Crippen LogP contribution in [0.1, 0.15) is 57.0 Å². The number of pyridine rings is 1. The van der Waals surface area contributed by atoms with Gasteiger partial charge < -0.3 is 15.2 Å². The maximum Gasteiger partial charge on any atom is 0.229 e. The second kappa shape index (κ2) is 9.89. The summed E-state index contributed by atoms with van der Waals surface area (Å²) >= 11 is 0. The van der Waals surface area contributed by atoms with Crippen LogP contribution < -0.4 is 10.6 Å². The summed E-state index contributed by atoms with van der Waals surface area (Å²) in [4.78, 5) is 17.3. The van der Waals surface area contributed by atoms with E-state index in [-0.39, 0.29) is 23.2 Å². The van der Waals surface area contributed by atoms with Crippen LogP contribution in [-0.2, 0) is 0 Å². The van der Waals surface area contributed by atoms with Gasteiger partial charge in [-0.2, -0.15) is 0 Å². The lowest BCUT2D eigenvalue weighted by Gasteiger charge is -2.28. The van der Waals surface area contributed by atoms with Crippen LogP contribution in [-0.4, -0.2) is 37.6 Å². The summed E-state index contributed by atoms with van der Waals surface area (Å²) in [5.74, 6) is 1.36. The van der Waals surface area contributed by atoms with E-state index in [1.807, 2.05) is 37.6 Å². The molecule has 0 amide bonds. The molecule has 4 heterocycles. The third kappa shape index (κ3) is 4.67. The fourth-order valence-electron chi connectivity index (χ4n) is 5.17. The molecule has 0 spiro atoms. The lowest BCUT2D eigenvalue weighted by molar-refractivity contribution is 0.330. The zero-order chi connectivity index (χ0) is 25.4. The number of nitrogens with one attached hydrogen (secondary N) is 2. The number of imidazole rings is 1. The van der Waals surface area contributed by atoms with Gasteiger partial charge in [0, 0.05) is 17.8 Å². The fraction of sp³-hybridized carbons (Fsp3) is 0.407. The van der Waals surface area contributed by atoms with Crippen molar-refractivity contribution in [3.05, 3.63) is 59.7 Å². The Kier molecular flexibility index (Phi) is 6.66. The molecule has 1 aliphatic rings. The van der Waals surface area contributed by atoms with Crippen molar-refractivity contribution in [3.8, 4) is 11.3 Å². The average Bonchev–Trinajstić information content (AvgIpc) is 3.22. The molecule has 188 valence electrons. The van der Waals surface area contributed by atoms with Gasteiger partial charge >= 0.3 is 0 Å². The highest BCUT2D eigenvalue weighted by Gasteiger charge is 2.22. The lowest BCUT2D eigenvalue weighted by Crippen LogP contribution is -2.30. The number of benzene rings is 1. The van der Waals surface area contributed by atoms with E-state index in [9.17, 15) is 8.78 Å². The van der Waals surface area contributed by atoms with Gasteiger partial charge in [-0.1, -0.05) is 13.0 Å². The third-order valence-electron chi connectivity index (χ3n) is 7.10. The Balaban J connectivity index is 1.41. The Labute approximate surface area is 209 Å². The Morgan fingerprint density at radius 1 is 1.00 bits per heavy atom. The molecule has 1 aromatic carbocycles. The molecule has 9 heteroatoms. The van der Waals surface area contributed by atoms with Crippen molar-refractivity contribution in [1.29, 1.82) is 0 Å². The Hall–Kier alpha value is -3.46. The molecule has 3 aromatic heterocycles. The molecule has 1 aliphatic heterocycles. The van der Waals surface area contributed by atoms with Crippen LogP contribution in [0.5, 0.6) is 0 Å². The molecular weight excluding hydrogens is 460 g/mol. The number of halogens is 2. The van der Waals surface area contributed by atoms with Gasteiger partial charge in [0.2, 0.25) is 5.95 Å². The lowest BCUT2D eigenvalue weighted by atomic mass is 9.82. The number of fused-ring (bicyclic) bond motifs is 1. The van der Waals surface area contributed by atoms with Gasteiger partial charge in [0.15, 0.2) is 11.6 Å². The van der Waals surface area contributed by atoms with Crippen molar-refractivity contribution in [2.75, 3.05) is 18.4 Å². The van der Waals surface area contributed by atoms with Crippen LogP contribution in [0, 0.1) is 24.5 Å². The molecule has 1 atom stereocenters. The highest BCUT2D eigenvalue weighted by Crippen LogP contribution is 2.32. The minimum absolute atomic E-state index is 0.0126. The molecule has 1 fully saturated rings. The first-order valence-electron chi connectivity index (χ1n) is 12.5. The van der Waals surface area contributed by atoms with Crippen LogP contribution in [0.25, 0.3) is 22.3 Å². The Bertz CT molecular complexity index is 1380. The molecule has 0 saturated carbocycles. The SMILES string of the molecule is Cc1nc2c(F)cc(-c3nc(Nc4ccc(C(C)C5CCNCC5)cn4)ncc3F)cc2n1C(C)C. The Morgan fingerprint density at radius 3 is 2.47 bits per heavy atom. The molecule has 7 nitrogen and oxygen atoms in total. The molecule has 0 radical (unpaired) electrons. The number of aromatic nitrogens is 5. The van der Waals surface area contributed by atoms with E-state index in [2.05, 4.69) is 43.6 Å². The largest absolute Gasteiger partial charge is 0.326 e. The zero-order valence-corrected chi connectivity index (χ0v) is 21.0. The summed E-state index contributed by atoms with van der Waals surface area (Å²) in [5, 5.41) is 6.46. The number of aryl methyl sites for hydroxylation is 1. The van der Waals surface area contributed by atoms with Crippen LogP contribution in [0.4, 0.5) is 20.5 Å². The van der Waals surface area contributed by atoms with Crippen LogP contribution in [0.15, 0.2) is 36.7 Å². The number of hydrogen-bond donors (Lipinski definition) is 2. The van der Waals surface area contributed by atoms with Gasteiger partial charge in [-0.05, 0) is 82.3 Å². The van der Waals surface area contributed by atoms with E-state index >= 15 is 0 Å². The smallest absolute Gasteiger partial charge is 0.229 e. The zero-order valence-electron chi connectivity index (χ0n) is 21.0. The minimum atomic E-state index is -0.634. The van der Waals surface area contributed by atoms with Crippen molar-refractivity contribution in [2.24, 2.45) is 5.92 Å². The molecule has 1 saturated heterocycles. The monoisotopic (exact) mass is 491 g/mol. The molecular formula is C27H31F2N7. The summed E-state index contributed by atoms with van der Waals surface area (Å²) in [6.07, 6.45) is 5.29. The van der Waals surface area contributed by atoms with Gasteiger partial charge in [0.05, 0.1) is 11.7 Å². The first-order valence-corrected chi connectivity index (χ1v) is 12.5. The first kappa shape index (κ1) is 24.2. The number of nitrogens with zero attached hydrogens (tertiary/aromatic N) is 5. The number of rotatable bonds is 6. The summed E-state index contributed by atoms with van der Waals surface area (Å²) in [6.45, 7) is 10.2. The summed E-state index contributed by atoms with van der Waals surface area (Å²) in [5.41, 5.74) is 2.39. The van der Waals surface area contributed by atoms with Gasteiger partial charge in [0.1, 0.15) is 22.9 Å². The van der Waals surface area contributed by atoms with Crippen molar-refractivity contribution in [2.45, 2.75) is 52.5 Å². The van der Waals surface area contributed by atoms with Crippen molar-refractivity contribution >= 4 is 22.8 Å². The number of hydrogen-bond acceptors (Lipinski definition) is 6. The number of anilines is 2. The first-order chi connectivity index (χ1) is 17.3. The van der Waals surface area contributed by atoms with Gasteiger partial charge in [0.25, 0.3) is 0 Å². The molecule has 0 aliphatic carbocycles. The summed E-state index contributed by atoms with van der Waals surface area (Å²) in [7, 11) is 0. The Morgan fingerprint density at radius 2 is 1.78 bits per heavy atom. The quantitative estimate of drug-likeness (QED) is 0.349. The van der Waals surface area contributed by atoms with E-state index in [1.165, 1.54) is 11.6 Å². The molecule has 2 N–H and O–H groups in total. The molecule has 36 heavy (non-hydrogen) atoms. The third-order valence-corrected chi connectivity index (χ3v) is 7.10. The predicted molar refractivity (Wildman–Crippen MR) is 137 cm³/mol. The van der Waals surface area contributed by atoms with E-state index in [4.69, 9.17) is 0 Å². The van der Waals surface area contributed by atoms with E-state index in [0.717, 1.165) is 32.1 Å². The van der Waals surface area contributed by atoms with Crippen LogP contribution in [0.2, 0.25) is 0 Å². The van der Waals surface area contributed by atoms with Crippen LogP contribution in [0.3, 0.4) is 0 Å². The molecule has 5 rings (SSSR count). The standard InChI is InChI=1S/C27H31F2N7/c1-15(2)36-17(4)33-26-21(28)11-20(12-23(26)36)25-22(29)14-32-27(35-25)34-24-6-5-19(13-31-24)16(3)18-7-9-30-10-8-18/h5-6,11-16,18,30H,7-10H2,1-4H3,(H,31,32,34,35).